The second kappa shape index (κ2) is 4.75. The van der Waals surface area contributed by atoms with E-state index in [2.05, 4.69) is 21.9 Å². The number of aromatic nitrogens is 4. The third kappa shape index (κ3) is 2.15. The summed E-state index contributed by atoms with van der Waals surface area (Å²) in [6.07, 6.45) is 5.17. The number of rotatable bonds is 2. The molecule has 0 fully saturated rings. The van der Waals surface area contributed by atoms with Crippen molar-refractivity contribution in [2.75, 3.05) is 0 Å². The summed E-state index contributed by atoms with van der Waals surface area (Å²) < 4.78 is 2.62. The molecule has 0 spiro atoms. The maximum Gasteiger partial charge on any atom is 0.179 e. The van der Waals surface area contributed by atoms with E-state index in [0.717, 1.165) is 16.7 Å². The molecule has 0 aliphatic carbocycles. The fourth-order valence-corrected chi connectivity index (χ4v) is 2.65. The zero-order chi connectivity index (χ0) is 13.4. The molecule has 6 heteroatoms. The predicted molar refractivity (Wildman–Crippen MR) is 78.0 cm³/mol. The Morgan fingerprint density at radius 2 is 2.11 bits per heavy atom. The number of nitrogens with one attached hydrogen (secondary N) is 1. The third-order valence-corrected chi connectivity index (χ3v) is 3.60. The summed E-state index contributed by atoms with van der Waals surface area (Å²) in [4.78, 5) is 11.5. The van der Waals surface area contributed by atoms with Crippen LogP contribution in [0.15, 0.2) is 36.8 Å². The van der Waals surface area contributed by atoms with Crippen molar-refractivity contribution in [2.24, 2.45) is 0 Å². The summed E-state index contributed by atoms with van der Waals surface area (Å²) in [6, 6.07) is 5.86. The van der Waals surface area contributed by atoms with Crippen LogP contribution in [0.3, 0.4) is 0 Å². The van der Waals surface area contributed by atoms with E-state index in [4.69, 9.17) is 23.8 Å². The van der Waals surface area contributed by atoms with Crippen molar-refractivity contribution in [2.45, 2.75) is 13.0 Å². The van der Waals surface area contributed by atoms with Crippen LogP contribution in [0.2, 0.25) is 5.02 Å². The molecule has 4 nitrogen and oxygen atoms in total. The first-order valence-corrected chi connectivity index (χ1v) is 6.61. The molecule has 3 heterocycles. The molecule has 0 aromatic carbocycles. The molecule has 3 aromatic rings. The molecule has 3 rings (SSSR count). The first-order valence-electron chi connectivity index (χ1n) is 5.82. The number of fused-ring (bicyclic) bond motifs is 1. The van der Waals surface area contributed by atoms with Gasteiger partial charge in [0.05, 0.1) is 16.6 Å². The van der Waals surface area contributed by atoms with E-state index in [0.29, 0.717) is 9.79 Å². The van der Waals surface area contributed by atoms with E-state index in [1.54, 1.807) is 18.6 Å². The van der Waals surface area contributed by atoms with Crippen molar-refractivity contribution in [3.63, 3.8) is 0 Å². The van der Waals surface area contributed by atoms with Crippen LogP contribution in [0.1, 0.15) is 18.5 Å². The molecule has 0 aliphatic rings. The number of hydrogen-bond acceptors (Lipinski definition) is 3. The van der Waals surface area contributed by atoms with Crippen LogP contribution in [0.25, 0.3) is 11.2 Å². The molecule has 0 aliphatic heterocycles. The van der Waals surface area contributed by atoms with Crippen LogP contribution in [-0.4, -0.2) is 19.5 Å². The van der Waals surface area contributed by atoms with Crippen LogP contribution in [0.4, 0.5) is 0 Å². The molecule has 1 N–H and O–H groups in total. The van der Waals surface area contributed by atoms with Gasteiger partial charge in [0.1, 0.15) is 0 Å². The van der Waals surface area contributed by atoms with Crippen molar-refractivity contribution >= 4 is 35.0 Å². The molecule has 19 heavy (non-hydrogen) atoms. The lowest BCUT2D eigenvalue weighted by Crippen LogP contribution is -2.07. The summed E-state index contributed by atoms with van der Waals surface area (Å²) >= 11 is 11.3. The molecule has 1 atom stereocenters. The Kier molecular flexibility index (Phi) is 3.08. The number of H-pyrrole nitrogens is 1. The van der Waals surface area contributed by atoms with Crippen molar-refractivity contribution in [1.29, 1.82) is 0 Å². The van der Waals surface area contributed by atoms with Gasteiger partial charge in [0.25, 0.3) is 0 Å². The summed E-state index contributed by atoms with van der Waals surface area (Å²) in [6.45, 7) is 2.08. The first kappa shape index (κ1) is 12.3. The largest absolute Gasteiger partial charge is 0.329 e. The van der Waals surface area contributed by atoms with Gasteiger partial charge in [0.15, 0.2) is 10.4 Å². The molecular formula is C13H11ClN4S. The SMILES string of the molecule is CC(c1ccncc1)n1c(=S)[nH]c2cc(Cl)cnc21. The third-order valence-electron chi connectivity index (χ3n) is 3.10. The smallest absolute Gasteiger partial charge is 0.179 e. The topological polar surface area (TPSA) is 46.5 Å². The Morgan fingerprint density at radius 1 is 1.37 bits per heavy atom. The summed E-state index contributed by atoms with van der Waals surface area (Å²) in [5, 5.41) is 0.590. The van der Waals surface area contributed by atoms with Crippen LogP contribution in [0.5, 0.6) is 0 Å². The zero-order valence-corrected chi connectivity index (χ0v) is 11.7. The molecule has 0 bridgehead atoms. The van der Waals surface area contributed by atoms with Crippen molar-refractivity contribution in [3.8, 4) is 0 Å². The van der Waals surface area contributed by atoms with Gasteiger partial charge in [-0.2, -0.15) is 0 Å². The monoisotopic (exact) mass is 290 g/mol. The molecular weight excluding hydrogens is 280 g/mol. The second-order valence-corrected chi connectivity index (χ2v) is 5.10. The van der Waals surface area contributed by atoms with E-state index in [1.165, 1.54) is 0 Å². The lowest BCUT2D eigenvalue weighted by atomic mass is 10.1. The molecule has 0 saturated heterocycles. The predicted octanol–water partition coefficient (Wildman–Crippen LogP) is 3.75. The van der Waals surface area contributed by atoms with E-state index in [-0.39, 0.29) is 6.04 Å². The molecule has 1 unspecified atom stereocenters. The maximum absolute atomic E-state index is 5.94. The number of halogens is 1. The minimum absolute atomic E-state index is 0.0814. The number of pyridine rings is 2. The minimum atomic E-state index is 0.0814. The van der Waals surface area contributed by atoms with E-state index in [1.807, 2.05) is 22.8 Å². The van der Waals surface area contributed by atoms with Gasteiger partial charge in [-0.05, 0) is 42.9 Å². The van der Waals surface area contributed by atoms with E-state index < -0.39 is 0 Å². The van der Waals surface area contributed by atoms with Crippen LogP contribution < -0.4 is 0 Å². The Bertz CT molecular complexity index is 778. The zero-order valence-electron chi connectivity index (χ0n) is 10.2. The summed E-state index contributed by atoms with van der Waals surface area (Å²) in [5.41, 5.74) is 2.78. The summed E-state index contributed by atoms with van der Waals surface area (Å²) in [5.74, 6) is 0. The van der Waals surface area contributed by atoms with Gasteiger partial charge in [0, 0.05) is 18.6 Å². The highest BCUT2D eigenvalue weighted by Crippen LogP contribution is 2.24. The first-order chi connectivity index (χ1) is 9.16. The van der Waals surface area contributed by atoms with Crippen molar-refractivity contribution in [1.82, 2.24) is 19.5 Å². The van der Waals surface area contributed by atoms with Gasteiger partial charge < -0.3 is 4.98 Å². The van der Waals surface area contributed by atoms with Gasteiger partial charge >= 0.3 is 0 Å². The molecule has 3 aromatic heterocycles. The number of hydrogen-bond donors (Lipinski definition) is 1. The van der Waals surface area contributed by atoms with Crippen LogP contribution >= 0.6 is 23.8 Å². The maximum atomic E-state index is 5.94. The molecule has 0 amide bonds. The van der Waals surface area contributed by atoms with Crippen LogP contribution in [-0.2, 0) is 0 Å². The van der Waals surface area contributed by atoms with Gasteiger partial charge in [0.2, 0.25) is 0 Å². The van der Waals surface area contributed by atoms with Gasteiger partial charge in [-0.3, -0.25) is 9.55 Å². The number of nitrogens with zero attached hydrogens (tertiary/aromatic N) is 3. The lowest BCUT2D eigenvalue weighted by Gasteiger charge is -2.14. The number of aromatic amines is 1. The van der Waals surface area contributed by atoms with Gasteiger partial charge in [-0.15, -0.1) is 0 Å². The minimum Gasteiger partial charge on any atom is -0.329 e. The van der Waals surface area contributed by atoms with Crippen molar-refractivity contribution < 1.29 is 0 Å². The number of imidazole rings is 1. The fourth-order valence-electron chi connectivity index (χ4n) is 2.14. The van der Waals surface area contributed by atoms with Crippen LogP contribution in [0, 0.1) is 4.77 Å². The van der Waals surface area contributed by atoms with Gasteiger partial charge in [-0.1, -0.05) is 11.6 Å². The molecule has 0 radical (unpaired) electrons. The molecule has 0 saturated carbocycles. The highest BCUT2D eigenvalue weighted by atomic mass is 35.5. The Morgan fingerprint density at radius 3 is 2.84 bits per heavy atom. The Balaban J connectivity index is 2.20. The standard InChI is InChI=1S/C13H11ClN4S/c1-8(9-2-4-15-5-3-9)18-12-11(17-13(18)19)6-10(14)7-16-12/h2-8H,1H3,(H,17,19). The highest BCUT2D eigenvalue weighted by molar-refractivity contribution is 7.71. The highest BCUT2D eigenvalue weighted by Gasteiger charge is 2.14. The van der Waals surface area contributed by atoms with Crippen molar-refractivity contribution in [3.05, 3.63) is 52.1 Å². The van der Waals surface area contributed by atoms with E-state index >= 15 is 0 Å². The second-order valence-electron chi connectivity index (χ2n) is 4.28. The van der Waals surface area contributed by atoms with E-state index in [9.17, 15) is 0 Å². The Labute approximate surface area is 120 Å². The van der Waals surface area contributed by atoms with Gasteiger partial charge in [-0.25, -0.2) is 4.98 Å². The average molecular weight is 291 g/mol. The lowest BCUT2D eigenvalue weighted by molar-refractivity contribution is 0.643. The average Bonchev–Trinajstić information content (AvgIpc) is 2.74. The normalized spacial score (nSPS) is 12.7. The fraction of sp³-hybridized carbons (Fsp3) is 0.154. The Hall–Kier alpha value is -1.72. The summed E-state index contributed by atoms with van der Waals surface area (Å²) in [7, 11) is 0. The quantitative estimate of drug-likeness (QED) is 0.731. The molecule has 96 valence electrons.